The Hall–Kier alpha value is -2.26. The van der Waals surface area contributed by atoms with Gasteiger partial charge in [-0.1, -0.05) is 0 Å². The third-order valence-electron chi connectivity index (χ3n) is 1.91. The predicted octanol–water partition coefficient (Wildman–Crippen LogP) is 1.71. The van der Waals surface area contributed by atoms with Gasteiger partial charge in [0.05, 0.1) is 6.61 Å². The third-order valence-corrected chi connectivity index (χ3v) is 1.91. The molecule has 1 aromatic rings. The number of carbonyl (C=O) groups excluding carboxylic acids is 2. The number of aryl methyl sites for hydroxylation is 1. The number of carbonyl (C=O) groups is 2. The molecule has 0 aliphatic carbocycles. The highest BCUT2D eigenvalue weighted by Gasteiger charge is 2.30. The first kappa shape index (κ1) is 15.8. The zero-order valence-corrected chi connectivity index (χ0v) is 10.7. The van der Waals surface area contributed by atoms with E-state index in [9.17, 15) is 22.8 Å². The second-order valence-electron chi connectivity index (χ2n) is 3.60. The summed E-state index contributed by atoms with van der Waals surface area (Å²) in [6.45, 7) is -0.0505. The molecule has 0 saturated heterocycles. The molecule has 1 aromatic heterocycles. The molecule has 0 aliphatic heterocycles. The van der Waals surface area contributed by atoms with Gasteiger partial charge >= 0.3 is 18.2 Å². The lowest BCUT2D eigenvalue weighted by Gasteiger charge is -2.08. The molecule has 10 heteroatoms. The highest BCUT2D eigenvalue weighted by molar-refractivity contribution is 5.98. The second kappa shape index (κ2) is 6.26. The second-order valence-corrected chi connectivity index (χ2v) is 3.60. The van der Waals surface area contributed by atoms with Crippen molar-refractivity contribution in [3.8, 4) is 0 Å². The van der Waals surface area contributed by atoms with Gasteiger partial charge in [0.2, 0.25) is 0 Å². The number of nitrogens with one attached hydrogen (secondary N) is 1. The Morgan fingerprint density at radius 1 is 1.40 bits per heavy atom. The molecule has 0 saturated carbocycles. The first-order valence-electron chi connectivity index (χ1n) is 5.44. The summed E-state index contributed by atoms with van der Waals surface area (Å²) in [6.07, 6.45) is -4.74. The van der Waals surface area contributed by atoms with Crippen molar-refractivity contribution < 1.29 is 32.2 Å². The molecule has 0 unspecified atom stereocenters. The van der Waals surface area contributed by atoms with Gasteiger partial charge in [-0.15, -0.1) is 0 Å². The van der Waals surface area contributed by atoms with Crippen LogP contribution in [0.4, 0.5) is 23.8 Å². The summed E-state index contributed by atoms with van der Waals surface area (Å²) in [5, 5.41) is 5.67. The fraction of sp³-hybridized carbons (Fsp3) is 0.500. The molecule has 0 aromatic carbocycles. The molecular formula is C10H12F3N3O4. The number of nitrogens with zero attached hydrogens (tertiary/aromatic N) is 2. The Labute approximate surface area is 111 Å². The van der Waals surface area contributed by atoms with Crippen LogP contribution in [0.15, 0.2) is 6.20 Å². The zero-order valence-electron chi connectivity index (χ0n) is 10.7. The molecule has 0 radical (unpaired) electrons. The normalized spacial score (nSPS) is 11.1. The van der Waals surface area contributed by atoms with E-state index in [4.69, 9.17) is 4.74 Å². The molecule has 1 heterocycles. The maximum Gasteiger partial charge on any atom is 0.422 e. The number of anilines is 1. The topological polar surface area (TPSA) is 82.5 Å². The van der Waals surface area contributed by atoms with Gasteiger partial charge in [0.15, 0.2) is 12.4 Å². The smallest absolute Gasteiger partial charge is 0.422 e. The Bertz CT molecular complexity index is 498. The van der Waals surface area contributed by atoms with Gasteiger partial charge < -0.3 is 9.47 Å². The number of alkyl halides is 3. The predicted molar refractivity (Wildman–Crippen MR) is 60.2 cm³/mol. The lowest BCUT2D eigenvalue weighted by atomic mass is 10.3. The van der Waals surface area contributed by atoms with Crippen molar-refractivity contribution in [3.63, 3.8) is 0 Å². The van der Waals surface area contributed by atoms with Crippen LogP contribution >= 0.6 is 0 Å². The van der Waals surface area contributed by atoms with Gasteiger partial charge in [0.25, 0.3) is 0 Å². The van der Waals surface area contributed by atoms with Crippen LogP contribution in [0, 0.1) is 0 Å². The maximum atomic E-state index is 11.9. The standard InChI is InChI=1S/C10H12F3N3O4/c1-3-19-8(17)6-4-16(2)15-7(6)14-9(18)20-5-10(11,12)13/h4H,3,5H2,1-2H3,(H,14,15,18). The maximum absolute atomic E-state index is 11.9. The van der Waals surface area contributed by atoms with Crippen molar-refractivity contribution in [2.24, 2.45) is 7.05 Å². The minimum atomic E-state index is -4.63. The molecule has 0 spiro atoms. The number of hydrogen-bond acceptors (Lipinski definition) is 5. The summed E-state index contributed by atoms with van der Waals surface area (Å²) in [4.78, 5) is 22.7. The van der Waals surface area contributed by atoms with E-state index in [-0.39, 0.29) is 18.0 Å². The van der Waals surface area contributed by atoms with Crippen molar-refractivity contribution in [3.05, 3.63) is 11.8 Å². The van der Waals surface area contributed by atoms with E-state index in [1.54, 1.807) is 6.92 Å². The van der Waals surface area contributed by atoms with Crippen molar-refractivity contribution >= 4 is 17.9 Å². The lowest BCUT2D eigenvalue weighted by Crippen LogP contribution is -2.24. The van der Waals surface area contributed by atoms with Gasteiger partial charge in [-0.2, -0.15) is 18.3 Å². The number of amides is 1. The summed E-state index contributed by atoms with van der Waals surface area (Å²) in [5.41, 5.74) is -0.0849. The number of hydrogen-bond donors (Lipinski definition) is 1. The van der Waals surface area contributed by atoms with Crippen molar-refractivity contribution in [1.82, 2.24) is 9.78 Å². The minimum Gasteiger partial charge on any atom is -0.462 e. The molecule has 0 fully saturated rings. The van der Waals surface area contributed by atoms with Crippen molar-refractivity contribution in [2.45, 2.75) is 13.1 Å². The number of ether oxygens (including phenoxy) is 2. The quantitative estimate of drug-likeness (QED) is 0.855. The first-order chi connectivity index (χ1) is 9.23. The van der Waals surface area contributed by atoms with Crippen LogP contribution in [0.25, 0.3) is 0 Å². The van der Waals surface area contributed by atoms with Gasteiger partial charge in [-0.05, 0) is 6.92 Å². The van der Waals surface area contributed by atoms with E-state index in [0.29, 0.717) is 0 Å². The Morgan fingerprint density at radius 2 is 2.05 bits per heavy atom. The first-order valence-corrected chi connectivity index (χ1v) is 5.44. The highest BCUT2D eigenvalue weighted by atomic mass is 19.4. The molecule has 0 bridgehead atoms. The Balaban J connectivity index is 2.72. The molecule has 1 rings (SSSR count). The minimum absolute atomic E-state index is 0.0849. The van der Waals surface area contributed by atoms with Crippen LogP contribution < -0.4 is 5.32 Å². The zero-order chi connectivity index (χ0) is 15.3. The van der Waals surface area contributed by atoms with E-state index >= 15 is 0 Å². The van der Waals surface area contributed by atoms with E-state index in [2.05, 4.69) is 9.84 Å². The fourth-order valence-electron chi connectivity index (χ4n) is 1.22. The van der Waals surface area contributed by atoms with Crippen LogP contribution in [0.2, 0.25) is 0 Å². The largest absolute Gasteiger partial charge is 0.462 e. The molecule has 112 valence electrons. The average Bonchev–Trinajstić information content (AvgIpc) is 2.67. The Morgan fingerprint density at radius 3 is 2.60 bits per heavy atom. The van der Waals surface area contributed by atoms with Crippen LogP contribution in [0.5, 0.6) is 0 Å². The highest BCUT2D eigenvalue weighted by Crippen LogP contribution is 2.17. The van der Waals surface area contributed by atoms with Crippen molar-refractivity contribution in [2.75, 3.05) is 18.5 Å². The van der Waals surface area contributed by atoms with E-state index in [0.717, 1.165) is 0 Å². The molecule has 0 atom stereocenters. The molecule has 7 nitrogen and oxygen atoms in total. The fourth-order valence-corrected chi connectivity index (χ4v) is 1.22. The lowest BCUT2D eigenvalue weighted by molar-refractivity contribution is -0.159. The van der Waals surface area contributed by atoms with Gasteiger partial charge in [0, 0.05) is 13.2 Å². The third kappa shape index (κ3) is 4.78. The SMILES string of the molecule is CCOC(=O)c1cn(C)nc1NC(=O)OCC(F)(F)F. The number of halogens is 3. The Kier molecular flexibility index (Phi) is 4.94. The summed E-state index contributed by atoms with van der Waals surface area (Å²) in [7, 11) is 1.47. The van der Waals surface area contributed by atoms with Gasteiger partial charge in [0.1, 0.15) is 5.56 Å². The van der Waals surface area contributed by atoms with E-state index < -0.39 is 24.8 Å². The van der Waals surface area contributed by atoms with Crippen molar-refractivity contribution in [1.29, 1.82) is 0 Å². The number of esters is 1. The summed E-state index contributed by atoms with van der Waals surface area (Å²) in [6, 6.07) is 0. The molecular weight excluding hydrogens is 283 g/mol. The monoisotopic (exact) mass is 295 g/mol. The van der Waals surface area contributed by atoms with E-state index in [1.165, 1.54) is 17.9 Å². The summed E-state index contributed by atoms with van der Waals surface area (Å²) < 4.78 is 45.5. The number of aromatic nitrogens is 2. The van der Waals surface area contributed by atoms with Crippen LogP contribution in [0.1, 0.15) is 17.3 Å². The van der Waals surface area contributed by atoms with Crippen LogP contribution in [0.3, 0.4) is 0 Å². The molecule has 1 amide bonds. The van der Waals surface area contributed by atoms with Gasteiger partial charge in [-0.25, -0.2) is 9.59 Å². The number of rotatable bonds is 4. The summed E-state index contributed by atoms with van der Waals surface area (Å²) in [5.74, 6) is -0.996. The van der Waals surface area contributed by atoms with Gasteiger partial charge in [-0.3, -0.25) is 10.00 Å². The summed E-state index contributed by atoms with van der Waals surface area (Å²) >= 11 is 0. The molecule has 20 heavy (non-hydrogen) atoms. The average molecular weight is 295 g/mol. The van der Waals surface area contributed by atoms with Crippen LogP contribution in [-0.4, -0.2) is 41.2 Å². The molecule has 0 aliphatic rings. The molecule has 1 N–H and O–H groups in total. The van der Waals surface area contributed by atoms with E-state index in [1.807, 2.05) is 5.32 Å². The van der Waals surface area contributed by atoms with Crippen LogP contribution in [-0.2, 0) is 16.5 Å².